The van der Waals surface area contributed by atoms with Crippen LogP contribution in [-0.4, -0.2) is 42.4 Å². The van der Waals surface area contributed by atoms with E-state index in [0.29, 0.717) is 46.8 Å². The number of hydrogen-bond acceptors (Lipinski definition) is 6. The van der Waals surface area contributed by atoms with Crippen molar-refractivity contribution in [3.05, 3.63) is 92.5 Å². The number of benzene rings is 3. The average Bonchev–Trinajstić information content (AvgIpc) is 2.88. The molecule has 3 aromatic carbocycles. The van der Waals surface area contributed by atoms with E-state index < -0.39 is 16.9 Å². The summed E-state index contributed by atoms with van der Waals surface area (Å²) in [6, 6.07) is 14.9. The van der Waals surface area contributed by atoms with Gasteiger partial charge in [-0.05, 0) is 54.3 Å². The summed E-state index contributed by atoms with van der Waals surface area (Å²) in [7, 11) is 3.11. The minimum Gasteiger partial charge on any atom is -0.493 e. The predicted octanol–water partition coefficient (Wildman–Crippen LogP) is 4.40. The first-order valence-corrected chi connectivity index (χ1v) is 11.5. The van der Waals surface area contributed by atoms with Crippen LogP contribution in [0, 0.1) is 17.0 Å². The number of nitro benzene ring substituents is 1. The Bertz CT molecular complexity index is 1400. The van der Waals surface area contributed by atoms with E-state index in [1.165, 1.54) is 6.07 Å². The second-order valence-electron chi connectivity index (χ2n) is 8.86. The van der Waals surface area contributed by atoms with Gasteiger partial charge in [-0.1, -0.05) is 24.3 Å². The van der Waals surface area contributed by atoms with Gasteiger partial charge in [0.05, 0.1) is 42.4 Å². The third kappa shape index (κ3) is 3.64. The van der Waals surface area contributed by atoms with Gasteiger partial charge in [-0.3, -0.25) is 19.7 Å². The molecule has 1 N–H and O–H groups in total. The third-order valence-corrected chi connectivity index (χ3v) is 7.07. The molecule has 184 valence electrons. The molecule has 0 bridgehead atoms. The van der Waals surface area contributed by atoms with Crippen molar-refractivity contribution in [2.75, 3.05) is 26.1 Å². The van der Waals surface area contributed by atoms with Crippen LogP contribution < -0.4 is 14.8 Å². The van der Waals surface area contributed by atoms with Crippen molar-refractivity contribution in [3.8, 4) is 11.5 Å². The summed E-state index contributed by atoms with van der Waals surface area (Å²) in [4.78, 5) is 40.1. The minimum absolute atomic E-state index is 0.0755. The first-order chi connectivity index (χ1) is 17.3. The van der Waals surface area contributed by atoms with Gasteiger partial charge < -0.3 is 19.7 Å². The van der Waals surface area contributed by atoms with Crippen molar-refractivity contribution < 1.29 is 24.0 Å². The number of ether oxygens (including phenoxy) is 2. The third-order valence-electron chi connectivity index (χ3n) is 7.07. The Kier molecular flexibility index (Phi) is 5.83. The van der Waals surface area contributed by atoms with Crippen LogP contribution in [0.3, 0.4) is 0 Å². The summed E-state index contributed by atoms with van der Waals surface area (Å²) >= 11 is 0. The van der Waals surface area contributed by atoms with E-state index in [2.05, 4.69) is 5.32 Å². The fourth-order valence-electron chi connectivity index (χ4n) is 5.30. The quantitative estimate of drug-likeness (QED) is 0.422. The highest BCUT2D eigenvalue weighted by atomic mass is 16.6. The first kappa shape index (κ1) is 23.3. The summed E-state index contributed by atoms with van der Waals surface area (Å²) in [5.74, 6) is -0.129. The van der Waals surface area contributed by atoms with Crippen molar-refractivity contribution in [1.29, 1.82) is 0 Å². The smallest absolute Gasteiger partial charge is 0.274 e. The van der Waals surface area contributed by atoms with E-state index in [1.54, 1.807) is 62.4 Å². The molecule has 9 heteroatoms. The number of nitro groups is 1. The highest BCUT2D eigenvalue weighted by Gasteiger charge is 2.46. The maximum Gasteiger partial charge on any atom is 0.274 e. The molecule has 36 heavy (non-hydrogen) atoms. The number of fused-ring (bicyclic) bond motifs is 4. The monoisotopic (exact) mass is 487 g/mol. The normalized spacial score (nSPS) is 18.0. The number of hydrogen-bond donors (Lipinski definition) is 1. The molecule has 0 saturated heterocycles. The molecule has 9 nitrogen and oxygen atoms in total. The SMILES string of the molecule is COc1cc2c(cc1OC)[C@@H]1[C@H](C(=O)Nc3cccc([N+](=O)[O-])c3C)c3ccccc3C(=O)N1CC2. The molecule has 5 rings (SSSR count). The van der Waals surface area contributed by atoms with Crippen LogP contribution in [0.25, 0.3) is 0 Å². The number of nitrogens with zero attached hydrogens (tertiary/aromatic N) is 2. The van der Waals surface area contributed by atoms with Crippen LogP contribution >= 0.6 is 0 Å². The molecule has 0 spiro atoms. The Labute approximate surface area is 207 Å². The first-order valence-electron chi connectivity index (χ1n) is 11.5. The maximum absolute atomic E-state index is 13.9. The molecule has 3 aromatic rings. The molecule has 2 amide bonds. The molecule has 2 heterocycles. The predicted molar refractivity (Wildman–Crippen MR) is 133 cm³/mol. The van der Waals surface area contributed by atoms with Crippen LogP contribution in [0.5, 0.6) is 11.5 Å². The molecule has 0 fully saturated rings. The Morgan fingerprint density at radius 2 is 1.78 bits per heavy atom. The standard InChI is InChI=1S/C27H25N3O6/c1-15-20(9-6-10-21(15)30(33)34)28-26(31)24-17-7-4-5-8-18(17)27(32)29-12-11-16-13-22(35-2)23(36-3)14-19(16)25(24)29/h4-10,13-14,24-25H,11-12H2,1-3H3,(H,28,31)/t24-,25-/m1/s1. The molecule has 2 aliphatic heterocycles. The van der Waals surface area contributed by atoms with E-state index in [4.69, 9.17) is 9.47 Å². The van der Waals surface area contributed by atoms with Gasteiger partial charge in [0.25, 0.3) is 11.6 Å². The van der Waals surface area contributed by atoms with Gasteiger partial charge in [-0.25, -0.2) is 0 Å². The number of methoxy groups -OCH3 is 2. The van der Waals surface area contributed by atoms with E-state index in [9.17, 15) is 19.7 Å². The summed E-state index contributed by atoms with van der Waals surface area (Å²) in [6.45, 7) is 2.05. The number of carbonyl (C=O) groups is 2. The lowest BCUT2D eigenvalue weighted by Crippen LogP contribution is -2.49. The lowest BCUT2D eigenvalue weighted by Gasteiger charge is -2.45. The van der Waals surface area contributed by atoms with Gasteiger partial charge in [0.2, 0.25) is 5.91 Å². The molecular weight excluding hydrogens is 462 g/mol. The summed E-state index contributed by atoms with van der Waals surface area (Å²) in [5.41, 5.74) is 3.54. The Morgan fingerprint density at radius 1 is 1.06 bits per heavy atom. The molecule has 2 atom stereocenters. The highest BCUT2D eigenvalue weighted by Crippen LogP contribution is 2.48. The van der Waals surface area contributed by atoms with Crippen LogP contribution in [0.4, 0.5) is 11.4 Å². The zero-order chi connectivity index (χ0) is 25.6. The lowest BCUT2D eigenvalue weighted by molar-refractivity contribution is -0.385. The summed E-state index contributed by atoms with van der Waals surface area (Å²) in [6.07, 6.45) is 0.610. The Morgan fingerprint density at radius 3 is 2.50 bits per heavy atom. The van der Waals surface area contributed by atoms with Crippen molar-refractivity contribution >= 4 is 23.2 Å². The maximum atomic E-state index is 13.9. The molecule has 0 aliphatic carbocycles. The van der Waals surface area contributed by atoms with Gasteiger partial charge in [-0.15, -0.1) is 0 Å². The number of carbonyl (C=O) groups excluding carboxylic acids is 2. The van der Waals surface area contributed by atoms with Gasteiger partial charge in [0, 0.05) is 18.2 Å². The van der Waals surface area contributed by atoms with Gasteiger partial charge in [0.15, 0.2) is 11.5 Å². The van der Waals surface area contributed by atoms with Crippen LogP contribution in [-0.2, 0) is 11.2 Å². The van der Waals surface area contributed by atoms with Crippen LogP contribution in [0.15, 0.2) is 54.6 Å². The number of rotatable bonds is 5. The van der Waals surface area contributed by atoms with Gasteiger partial charge >= 0.3 is 0 Å². The van der Waals surface area contributed by atoms with Gasteiger partial charge in [-0.2, -0.15) is 0 Å². The summed E-state index contributed by atoms with van der Waals surface area (Å²) in [5, 5.41) is 14.3. The van der Waals surface area contributed by atoms with Crippen molar-refractivity contribution in [2.24, 2.45) is 0 Å². The number of nitrogens with one attached hydrogen (secondary N) is 1. The average molecular weight is 488 g/mol. The molecule has 2 aliphatic rings. The molecular formula is C27H25N3O6. The van der Waals surface area contributed by atoms with E-state index >= 15 is 0 Å². The van der Waals surface area contributed by atoms with Crippen LogP contribution in [0.2, 0.25) is 0 Å². The van der Waals surface area contributed by atoms with Crippen molar-refractivity contribution in [3.63, 3.8) is 0 Å². The zero-order valence-corrected chi connectivity index (χ0v) is 20.1. The molecule has 0 aromatic heterocycles. The minimum atomic E-state index is -0.741. The molecule has 0 saturated carbocycles. The van der Waals surface area contributed by atoms with Crippen LogP contribution in [0.1, 0.15) is 44.6 Å². The summed E-state index contributed by atoms with van der Waals surface area (Å²) < 4.78 is 11.0. The molecule has 0 unspecified atom stereocenters. The van der Waals surface area contributed by atoms with E-state index in [-0.39, 0.29) is 17.5 Å². The largest absolute Gasteiger partial charge is 0.493 e. The number of amides is 2. The Hall–Kier alpha value is -4.40. The highest BCUT2D eigenvalue weighted by molar-refractivity contribution is 6.05. The fraction of sp³-hybridized carbons (Fsp3) is 0.259. The van der Waals surface area contributed by atoms with Crippen molar-refractivity contribution in [2.45, 2.75) is 25.3 Å². The number of anilines is 1. The lowest BCUT2D eigenvalue weighted by atomic mass is 9.75. The van der Waals surface area contributed by atoms with Gasteiger partial charge in [0.1, 0.15) is 0 Å². The topological polar surface area (TPSA) is 111 Å². The molecule has 0 radical (unpaired) electrons. The zero-order valence-electron chi connectivity index (χ0n) is 20.1. The van der Waals surface area contributed by atoms with Crippen molar-refractivity contribution in [1.82, 2.24) is 4.90 Å². The van der Waals surface area contributed by atoms with E-state index in [1.807, 2.05) is 12.1 Å². The van der Waals surface area contributed by atoms with E-state index in [0.717, 1.165) is 11.1 Å². The second kappa shape index (κ2) is 8.99. The fourth-order valence-corrected chi connectivity index (χ4v) is 5.30. The Balaban J connectivity index is 1.65. The second-order valence-corrected chi connectivity index (χ2v) is 8.86.